The summed E-state index contributed by atoms with van der Waals surface area (Å²) >= 11 is 0. The number of rotatable bonds is 9. The van der Waals surface area contributed by atoms with Crippen LogP contribution in [0.5, 0.6) is 0 Å². The van der Waals surface area contributed by atoms with Gasteiger partial charge in [-0.1, -0.05) is 25.7 Å². The van der Waals surface area contributed by atoms with Gasteiger partial charge in [-0.2, -0.15) is 0 Å². The van der Waals surface area contributed by atoms with E-state index in [0.29, 0.717) is 18.2 Å². The molecule has 0 aliphatic heterocycles. The second-order valence-corrected chi connectivity index (χ2v) is 8.73. The van der Waals surface area contributed by atoms with Gasteiger partial charge in [-0.05, 0) is 24.3 Å². The van der Waals surface area contributed by atoms with E-state index in [1.807, 2.05) is 24.3 Å². The highest BCUT2D eigenvalue weighted by Crippen LogP contribution is 2.09. The molecule has 1 aromatic rings. The highest BCUT2D eigenvalue weighted by Gasteiger charge is 2.14. The van der Waals surface area contributed by atoms with Gasteiger partial charge in [-0.15, -0.1) is 0 Å². The van der Waals surface area contributed by atoms with Crippen LogP contribution in [-0.4, -0.2) is 54.2 Å². The van der Waals surface area contributed by atoms with Crippen LogP contribution < -0.4 is 15.8 Å². The molecule has 2 amide bonds. The summed E-state index contributed by atoms with van der Waals surface area (Å²) in [7, 11) is 3.04. The van der Waals surface area contributed by atoms with Crippen molar-refractivity contribution in [3.8, 4) is 11.8 Å². The van der Waals surface area contributed by atoms with Gasteiger partial charge >= 0.3 is 6.03 Å². The van der Waals surface area contributed by atoms with Crippen LogP contribution in [0.25, 0.3) is 0 Å². The van der Waals surface area contributed by atoms with Crippen molar-refractivity contribution in [2.24, 2.45) is 11.1 Å². The van der Waals surface area contributed by atoms with E-state index in [0.717, 1.165) is 41.7 Å². The van der Waals surface area contributed by atoms with Gasteiger partial charge in [0.05, 0.1) is 38.2 Å². The molecule has 6 nitrogen and oxygen atoms in total. The van der Waals surface area contributed by atoms with E-state index < -0.39 is 11.0 Å². The number of benzene rings is 1. The summed E-state index contributed by atoms with van der Waals surface area (Å²) in [5, 5.41) is 11.0. The molecule has 1 unspecified atom stereocenters. The molecule has 7 heteroatoms. The molecule has 0 aliphatic carbocycles. The zero-order chi connectivity index (χ0) is 20.3. The maximum absolute atomic E-state index is 12.0. The average Bonchev–Trinajstić information content (AvgIpc) is 2.57. The molecular formula is C20H33N4O2S+. The second-order valence-electron chi connectivity index (χ2n) is 7.56. The molecule has 0 aliphatic rings. The number of quaternary nitrogens is 1. The smallest absolute Gasteiger partial charge is 0.319 e. The molecule has 0 bridgehead atoms. The monoisotopic (exact) mass is 393 g/mol. The van der Waals surface area contributed by atoms with Crippen LogP contribution in [0.1, 0.15) is 32.3 Å². The van der Waals surface area contributed by atoms with Crippen molar-refractivity contribution >= 4 is 22.7 Å². The van der Waals surface area contributed by atoms with E-state index in [9.17, 15) is 9.00 Å². The highest BCUT2D eigenvalue weighted by atomic mass is 32.2. The Bertz CT molecular complexity index is 675. The topological polar surface area (TPSA) is 84.2 Å². The van der Waals surface area contributed by atoms with Gasteiger partial charge in [-0.3, -0.25) is 5.14 Å². The fourth-order valence-electron chi connectivity index (χ4n) is 2.50. The predicted octanol–water partition coefficient (Wildman–Crippen LogP) is 2.29. The van der Waals surface area contributed by atoms with Crippen LogP contribution >= 0.6 is 0 Å². The standard InChI is InChI=1S/C20H32N4O2S/c1-17(2)7-8-18-9-11-19(12-10-18)23-20(25)22-13-5-14-24(3,4)15-6-16-27(21)26/h9-12,17H,5-6,13-16,21H2,1-4H3,(H-,22,23,25)/p+1. The molecule has 1 rings (SSSR count). The molecule has 0 fully saturated rings. The Hall–Kier alpha value is -1.88. The third-order valence-corrected chi connectivity index (χ3v) is 4.67. The minimum atomic E-state index is -1.22. The number of hydrogen-bond donors (Lipinski definition) is 3. The van der Waals surface area contributed by atoms with Crippen LogP contribution in [0.2, 0.25) is 0 Å². The maximum atomic E-state index is 12.0. The zero-order valence-corrected chi connectivity index (χ0v) is 17.7. The molecule has 1 aromatic carbocycles. The fourth-order valence-corrected chi connectivity index (χ4v) is 2.91. The summed E-state index contributed by atoms with van der Waals surface area (Å²) in [6.45, 7) is 6.56. The zero-order valence-electron chi connectivity index (χ0n) is 16.9. The molecule has 4 N–H and O–H groups in total. The molecule has 150 valence electrons. The maximum Gasteiger partial charge on any atom is 0.319 e. The van der Waals surface area contributed by atoms with Crippen LogP contribution in [0, 0.1) is 17.8 Å². The summed E-state index contributed by atoms with van der Waals surface area (Å²) < 4.78 is 11.7. The Morgan fingerprint density at radius 3 is 2.41 bits per heavy atom. The first-order valence-electron chi connectivity index (χ1n) is 9.29. The lowest BCUT2D eigenvalue weighted by Crippen LogP contribution is -2.43. The molecule has 0 saturated carbocycles. The predicted molar refractivity (Wildman–Crippen MR) is 113 cm³/mol. The van der Waals surface area contributed by atoms with Gasteiger partial charge < -0.3 is 15.1 Å². The second kappa shape index (κ2) is 11.8. The fraction of sp³-hybridized carbons (Fsp3) is 0.550. The van der Waals surface area contributed by atoms with Gasteiger partial charge in [0.2, 0.25) is 0 Å². The summed E-state index contributed by atoms with van der Waals surface area (Å²) in [4.78, 5) is 12.0. The molecule has 1 atom stereocenters. The van der Waals surface area contributed by atoms with E-state index in [1.54, 1.807) is 0 Å². The summed E-state index contributed by atoms with van der Waals surface area (Å²) in [6.07, 6.45) is 1.71. The van der Waals surface area contributed by atoms with Crippen LogP contribution in [0.4, 0.5) is 10.5 Å². The summed E-state index contributed by atoms with van der Waals surface area (Å²) in [5.41, 5.74) is 1.68. The van der Waals surface area contributed by atoms with E-state index in [1.165, 1.54) is 0 Å². The molecule has 0 radical (unpaired) electrons. The average molecular weight is 394 g/mol. The number of nitrogens with zero attached hydrogens (tertiary/aromatic N) is 1. The van der Waals surface area contributed by atoms with Crippen molar-refractivity contribution in [1.29, 1.82) is 0 Å². The molecule has 27 heavy (non-hydrogen) atoms. The Labute approximate surface area is 166 Å². The normalized spacial score (nSPS) is 12.2. The molecule has 0 aromatic heterocycles. The number of carbonyl (C=O) groups excluding carboxylic acids is 1. The van der Waals surface area contributed by atoms with Crippen LogP contribution in [0.15, 0.2) is 24.3 Å². The quantitative estimate of drug-likeness (QED) is 0.342. The van der Waals surface area contributed by atoms with Crippen LogP contribution in [0.3, 0.4) is 0 Å². The number of hydrogen-bond acceptors (Lipinski definition) is 2. The third-order valence-electron chi connectivity index (χ3n) is 3.98. The molecule has 0 saturated heterocycles. The first-order valence-corrected chi connectivity index (χ1v) is 10.7. The SMILES string of the molecule is CC(C)C#Cc1ccc(NC(=O)NCCC[N+](C)(C)CCCS(N)=O)cc1. The number of anilines is 1. The van der Waals surface area contributed by atoms with E-state index in [2.05, 4.69) is 50.4 Å². The van der Waals surface area contributed by atoms with E-state index >= 15 is 0 Å². The van der Waals surface area contributed by atoms with Gasteiger partial charge in [0.15, 0.2) is 0 Å². The summed E-state index contributed by atoms with van der Waals surface area (Å²) in [5.74, 6) is 7.08. The number of amides is 2. The van der Waals surface area contributed by atoms with Crippen molar-refractivity contribution in [1.82, 2.24) is 5.32 Å². The van der Waals surface area contributed by atoms with Gasteiger partial charge in [0, 0.05) is 42.3 Å². The third kappa shape index (κ3) is 11.4. The Morgan fingerprint density at radius 2 is 1.81 bits per heavy atom. The van der Waals surface area contributed by atoms with E-state index in [4.69, 9.17) is 5.14 Å². The van der Waals surface area contributed by atoms with Gasteiger partial charge in [0.1, 0.15) is 0 Å². The Morgan fingerprint density at radius 1 is 1.19 bits per heavy atom. The van der Waals surface area contributed by atoms with E-state index in [-0.39, 0.29) is 6.03 Å². The van der Waals surface area contributed by atoms with Gasteiger partial charge in [0.25, 0.3) is 0 Å². The van der Waals surface area contributed by atoms with Crippen molar-refractivity contribution in [3.63, 3.8) is 0 Å². The highest BCUT2D eigenvalue weighted by molar-refractivity contribution is 7.82. The minimum absolute atomic E-state index is 0.208. The lowest BCUT2D eigenvalue weighted by Gasteiger charge is -2.29. The first kappa shape index (κ1) is 23.2. The van der Waals surface area contributed by atoms with Crippen molar-refractivity contribution in [3.05, 3.63) is 29.8 Å². The van der Waals surface area contributed by atoms with Crippen molar-refractivity contribution < 1.29 is 13.5 Å². The first-order chi connectivity index (χ1) is 12.7. The molecular weight excluding hydrogens is 360 g/mol. The lowest BCUT2D eigenvalue weighted by molar-refractivity contribution is -0.890. The Kier molecular flexibility index (Phi) is 10.1. The number of nitrogens with two attached hydrogens (primary N) is 1. The minimum Gasteiger partial charge on any atom is -0.338 e. The number of carbonyl (C=O) groups is 1. The molecule has 0 heterocycles. The number of urea groups is 1. The van der Waals surface area contributed by atoms with Crippen molar-refractivity contribution in [2.75, 3.05) is 44.8 Å². The Balaban J connectivity index is 2.29. The summed E-state index contributed by atoms with van der Waals surface area (Å²) in [6, 6.07) is 7.30. The van der Waals surface area contributed by atoms with Crippen LogP contribution in [-0.2, 0) is 11.0 Å². The lowest BCUT2D eigenvalue weighted by atomic mass is 10.1. The van der Waals surface area contributed by atoms with Crippen molar-refractivity contribution in [2.45, 2.75) is 26.7 Å². The molecule has 0 spiro atoms. The largest absolute Gasteiger partial charge is 0.338 e. The van der Waals surface area contributed by atoms with Gasteiger partial charge in [-0.25, -0.2) is 9.00 Å². The number of nitrogens with one attached hydrogen (secondary N) is 2.